The summed E-state index contributed by atoms with van der Waals surface area (Å²) >= 11 is 5.84. The molecule has 140 valence electrons. The number of halogens is 1. The number of likely N-dealkylation sites (tertiary alicyclic amines) is 1. The number of non-ortho nitro benzene ring substituents is 1. The number of amides is 1. The summed E-state index contributed by atoms with van der Waals surface area (Å²) in [5, 5.41) is 11.2. The summed E-state index contributed by atoms with van der Waals surface area (Å²) in [6.45, 7) is 0.920. The van der Waals surface area contributed by atoms with Crippen molar-refractivity contribution >= 4 is 29.2 Å². The molecule has 1 saturated heterocycles. The molecule has 3 rings (SSSR count). The van der Waals surface area contributed by atoms with Crippen LogP contribution >= 0.6 is 11.6 Å². The molecule has 0 saturated carbocycles. The van der Waals surface area contributed by atoms with Crippen LogP contribution in [-0.2, 0) is 4.79 Å². The lowest BCUT2D eigenvalue weighted by Crippen LogP contribution is -2.41. The molecule has 1 heterocycles. The third-order valence-corrected chi connectivity index (χ3v) is 4.72. The minimum Gasteiger partial charge on any atom is -0.426 e. The van der Waals surface area contributed by atoms with Gasteiger partial charge in [0.25, 0.3) is 11.6 Å². The van der Waals surface area contributed by atoms with Gasteiger partial charge in [0, 0.05) is 35.8 Å². The molecule has 7 nitrogen and oxygen atoms in total. The SMILES string of the molecule is O=C(Oc1ccc([N+](=O)[O-])cc1)C1CCN(C(=O)c2ccc(Cl)cc2)CC1. The second-order valence-electron chi connectivity index (χ2n) is 6.25. The van der Waals surface area contributed by atoms with Crippen LogP contribution < -0.4 is 4.74 Å². The van der Waals surface area contributed by atoms with E-state index in [1.165, 1.54) is 24.3 Å². The quantitative estimate of drug-likeness (QED) is 0.344. The number of hydrogen-bond acceptors (Lipinski definition) is 5. The van der Waals surface area contributed by atoms with Crippen LogP contribution in [0.1, 0.15) is 23.2 Å². The van der Waals surface area contributed by atoms with E-state index in [1.54, 1.807) is 29.2 Å². The molecule has 0 bridgehead atoms. The molecule has 0 atom stereocenters. The van der Waals surface area contributed by atoms with E-state index in [2.05, 4.69) is 0 Å². The van der Waals surface area contributed by atoms with Gasteiger partial charge in [-0.2, -0.15) is 0 Å². The average molecular weight is 389 g/mol. The van der Waals surface area contributed by atoms with Gasteiger partial charge in [-0.1, -0.05) is 11.6 Å². The summed E-state index contributed by atoms with van der Waals surface area (Å²) in [5.74, 6) is -0.518. The second-order valence-corrected chi connectivity index (χ2v) is 6.68. The summed E-state index contributed by atoms with van der Waals surface area (Å²) in [6.07, 6.45) is 1.01. The molecule has 0 aliphatic carbocycles. The molecular formula is C19H17ClN2O5. The highest BCUT2D eigenvalue weighted by Crippen LogP contribution is 2.23. The fraction of sp³-hybridized carbons (Fsp3) is 0.263. The first-order valence-electron chi connectivity index (χ1n) is 8.45. The zero-order chi connectivity index (χ0) is 19.4. The molecule has 1 amide bonds. The minimum absolute atomic E-state index is 0.0659. The van der Waals surface area contributed by atoms with Crippen molar-refractivity contribution in [2.75, 3.05) is 13.1 Å². The zero-order valence-corrected chi connectivity index (χ0v) is 15.1. The van der Waals surface area contributed by atoms with Crippen LogP contribution in [0, 0.1) is 16.0 Å². The van der Waals surface area contributed by atoms with E-state index in [9.17, 15) is 19.7 Å². The molecule has 2 aromatic carbocycles. The smallest absolute Gasteiger partial charge is 0.314 e. The lowest BCUT2D eigenvalue weighted by molar-refractivity contribution is -0.384. The van der Waals surface area contributed by atoms with Crippen molar-refractivity contribution in [3.63, 3.8) is 0 Å². The molecule has 1 aliphatic heterocycles. The topological polar surface area (TPSA) is 89.8 Å². The first-order valence-corrected chi connectivity index (χ1v) is 8.83. The van der Waals surface area contributed by atoms with E-state index in [0.29, 0.717) is 36.5 Å². The van der Waals surface area contributed by atoms with E-state index >= 15 is 0 Å². The van der Waals surface area contributed by atoms with Crippen LogP contribution in [0.25, 0.3) is 0 Å². The Morgan fingerprint density at radius 1 is 1.04 bits per heavy atom. The average Bonchev–Trinajstić information content (AvgIpc) is 2.68. The monoisotopic (exact) mass is 388 g/mol. The van der Waals surface area contributed by atoms with Crippen LogP contribution in [0.3, 0.4) is 0 Å². The van der Waals surface area contributed by atoms with Gasteiger partial charge in [0.1, 0.15) is 5.75 Å². The highest BCUT2D eigenvalue weighted by atomic mass is 35.5. The van der Waals surface area contributed by atoms with Gasteiger partial charge in [-0.3, -0.25) is 19.7 Å². The Morgan fingerprint density at radius 2 is 1.63 bits per heavy atom. The Balaban J connectivity index is 1.53. The van der Waals surface area contributed by atoms with Gasteiger partial charge >= 0.3 is 5.97 Å². The first-order chi connectivity index (χ1) is 12.9. The number of nitro groups is 1. The lowest BCUT2D eigenvalue weighted by Gasteiger charge is -2.31. The van der Waals surface area contributed by atoms with Crippen molar-refractivity contribution in [1.82, 2.24) is 4.90 Å². The van der Waals surface area contributed by atoms with E-state index in [-0.39, 0.29) is 29.2 Å². The molecule has 8 heteroatoms. The number of hydrogen-bond donors (Lipinski definition) is 0. The molecular weight excluding hydrogens is 372 g/mol. The second kappa shape index (κ2) is 8.18. The van der Waals surface area contributed by atoms with Gasteiger partial charge < -0.3 is 9.64 Å². The van der Waals surface area contributed by atoms with Crippen molar-refractivity contribution in [2.45, 2.75) is 12.8 Å². The van der Waals surface area contributed by atoms with Crippen molar-refractivity contribution in [2.24, 2.45) is 5.92 Å². The largest absolute Gasteiger partial charge is 0.426 e. The minimum atomic E-state index is -0.515. The third-order valence-electron chi connectivity index (χ3n) is 4.47. The summed E-state index contributed by atoms with van der Waals surface area (Å²) in [7, 11) is 0. The fourth-order valence-corrected chi connectivity index (χ4v) is 3.05. The maximum absolute atomic E-state index is 12.5. The van der Waals surface area contributed by atoms with Gasteiger partial charge in [-0.05, 0) is 49.2 Å². The Morgan fingerprint density at radius 3 is 2.19 bits per heavy atom. The molecule has 0 radical (unpaired) electrons. The molecule has 0 spiro atoms. The summed E-state index contributed by atoms with van der Waals surface area (Å²) in [4.78, 5) is 36.6. The molecule has 0 unspecified atom stereocenters. The number of rotatable bonds is 4. The number of nitro benzene ring substituents is 1. The molecule has 2 aromatic rings. The highest BCUT2D eigenvalue weighted by Gasteiger charge is 2.29. The van der Waals surface area contributed by atoms with Crippen LogP contribution in [-0.4, -0.2) is 34.8 Å². The zero-order valence-electron chi connectivity index (χ0n) is 14.3. The molecule has 27 heavy (non-hydrogen) atoms. The number of benzene rings is 2. The van der Waals surface area contributed by atoms with Crippen LogP contribution in [0.2, 0.25) is 5.02 Å². The van der Waals surface area contributed by atoms with E-state index in [4.69, 9.17) is 16.3 Å². The Kier molecular flexibility index (Phi) is 5.71. The summed E-state index contributed by atoms with van der Waals surface area (Å²) in [5.41, 5.74) is 0.495. The van der Waals surface area contributed by atoms with Gasteiger partial charge in [-0.15, -0.1) is 0 Å². The maximum Gasteiger partial charge on any atom is 0.314 e. The maximum atomic E-state index is 12.5. The Bertz CT molecular complexity index is 843. The Hall–Kier alpha value is -2.93. The van der Waals surface area contributed by atoms with Crippen molar-refractivity contribution in [3.8, 4) is 5.75 Å². The number of esters is 1. The van der Waals surface area contributed by atoms with Crippen LogP contribution in [0.4, 0.5) is 5.69 Å². The number of nitrogens with zero attached hydrogens (tertiary/aromatic N) is 2. The number of ether oxygens (including phenoxy) is 1. The normalized spacial score (nSPS) is 14.6. The number of piperidine rings is 1. The number of carbonyl (C=O) groups is 2. The predicted molar refractivity (Wildman–Crippen MR) is 98.8 cm³/mol. The molecule has 0 aromatic heterocycles. The van der Waals surface area contributed by atoms with E-state index < -0.39 is 4.92 Å². The van der Waals surface area contributed by atoms with Crippen LogP contribution in [0.5, 0.6) is 5.75 Å². The Labute approximate surface area is 160 Å². The molecule has 1 aliphatic rings. The van der Waals surface area contributed by atoms with Gasteiger partial charge in [0.2, 0.25) is 0 Å². The van der Waals surface area contributed by atoms with Gasteiger partial charge in [0.15, 0.2) is 0 Å². The summed E-state index contributed by atoms with van der Waals surface area (Å²) < 4.78 is 5.30. The first kappa shape index (κ1) is 18.8. The van der Waals surface area contributed by atoms with Gasteiger partial charge in [-0.25, -0.2) is 0 Å². The van der Waals surface area contributed by atoms with Crippen LogP contribution in [0.15, 0.2) is 48.5 Å². The van der Waals surface area contributed by atoms with E-state index in [0.717, 1.165) is 0 Å². The van der Waals surface area contributed by atoms with Crippen molar-refractivity contribution in [1.29, 1.82) is 0 Å². The summed E-state index contributed by atoms with van der Waals surface area (Å²) in [6, 6.07) is 12.1. The number of carbonyl (C=O) groups excluding carboxylic acids is 2. The fourth-order valence-electron chi connectivity index (χ4n) is 2.93. The molecule has 0 N–H and O–H groups in total. The van der Waals surface area contributed by atoms with Crippen molar-refractivity contribution < 1.29 is 19.2 Å². The van der Waals surface area contributed by atoms with Gasteiger partial charge in [0.05, 0.1) is 10.8 Å². The lowest BCUT2D eigenvalue weighted by atomic mass is 9.96. The van der Waals surface area contributed by atoms with Crippen molar-refractivity contribution in [3.05, 3.63) is 69.2 Å². The standard InChI is InChI=1S/C19H17ClN2O5/c20-15-3-1-13(2-4-15)18(23)21-11-9-14(10-12-21)19(24)27-17-7-5-16(6-8-17)22(25)26/h1-8,14H,9-12H2. The molecule has 1 fully saturated rings. The third kappa shape index (κ3) is 4.62. The van der Waals surface area contributed by atoms with E-state index in [1.807, 2.05) is 0 Å². The predicted octanol–water partition coefficient (Wildman–Crippen LogP) is 3.71. The highest BCUT2D eigenvalue weighted by molar-refractivity contribution is 6.30.